The molecule has 23 heavy (non-hydrogen) atoms. The molecule has 3 rings (SSSR count). The summed E-state index contributed by atoms with van der Waals surface area (Å²) in [6.07, 6.45) is 4.89. The number of halogens is 2. The molecule has 1 aliphatic carbocycles. The summed E-state index contributed by atoms with van der Waals surface area (Å²) < 4.78 is 11.3. The highest BCUT2D eigenvalue weighted by Gasteiger charge is 2.39. The molecule has 1 aromatic carbocycles. The summed E-state index contributed by atoms with van der Waals surface area (Å²) in [6.45, 7) is 1.03. The first-order valence-corrected chi connectivity index (χ1v) is 9.12. The van der Waals surface area contributed by atoms with Crippen LogP contribution < -0.4 is 5.32 Å². The van der Waals surface area contributed by atoms with Gasteiger partial charge in [-0.25, -0.2) is 0 Å². The minimum atomic E-state index is 0.203. The van der Waals surface area contributed by atoms with Crippen molar-refractivity contribution in [2.24, 2.45) is 11.8 Å². The summed E-state index contributed by atoms with van der Waals surface area (Å²) in [6, 6.07) is 6.30. The molecule has 1 heterocycles. The molecule has 1 aromatic rings. The van der Waals surface area contributed by atoms with Crippen molar-refractivity contribution in [3.63, 3.8) is 0 Å². The minimum absolute atomic E-state index is 0.203. The van der Waals surface area contributed by atoms with Crippen LogP contribution >= 0.6 is 23.2 Å². The zero-order chi connectivity index (χ0) is 16.4. The van der Waals surface area contributed by atoms with Gasteiger partial charge in [-0.1, -0.05) is 29.3 Å². The van der Waals surface area contributed by atoms with Crippen molar-refractivity contribution < 1.29 is 9.47 Å². The number of benzene rings is 1. The van der Waals surface area contributed by atoms with Crippen LogP contribution in [0.2, 0.25) is 10.0 Å². The fourth-order valence-electron chi connectivity index (χ4n) is 4.24. The molecule has 1 N–H and O–H groups in total. The first kappa shape index (κ1) is 17.5. The third-order valence-electron chi connectivity index (χ3n) is 5.55. The Bertz CT molecular complexity index is 540. The lowest BCUT2D eigenvalue weighted by molar-refractivity contribution is -0.0881. The number of methoxy groups -OCH3 is 2. The molecular weight excluding hydrogens is 333 g/mol. The highest BCUT2D eigenvalue weighted by molar-refractivity contribution is 6.42. The van der Waals surface area contributed by atoms with E-state index in [0.717, 1.165) is 25.8 Å². The first-order valence-electron chi connectivity index (χ1n) is 8.36. The van der Waals surface area contributed by atoms with E-state index in [0.29, 0.717) is 27.9 Å². The van der Waals surface area contributed by atoms with Gasteiger partial charge in [0.2, 0.25) is 0 Å². The molecule has 0 radical (unpaired) electrons. The third kappa shape index (κ3) is 3.85. The van der Waals surface area contributed by atoms with Crippen molar-refractivity contribution in [1.82, 2.24) is 5.32 Å². The summed E-state index contributed by atoms with van der Waals surface area (Å²) in [7, 11) is 3.59. The molecule has 128 valence electrons. The van der Waals surface area contributed by atoms with E-state index in [1.54, 1.807) is 14.2 Å². The van der Waals surface area contributed by atoms with E-state index in [4.69, 9.17) is 32.7 Å². The molecule has 1 aliphatic heterocycles. The van der Waals surface area contributed by atoms with Gasteiger partial charge in [-0.05, 0) is 61.8 Å². The Morgan fingerprint density at radius 3 is 2.30 bits per heavy atom. The lowest BCUT2D eigenvalue weighted by atomic mass is 9.72. The zero-order valence-corrected chi connectivity index (χ0v) is 15.2. The Balaban J connectivity index is 1.76. The van der Waals surface area contributed by atoms with Crippen LogP contribution in [0.3, 0.4) is 0 Å². The predicted molar refractivity (Wildman–Crippen MR) is 94.2 cm³/mol. The van der Waals surface area contributed by atoms with Gasteiger partial charge in [-0.2, -0.15) is 0 Å². The fraction of sp³-hybridized carbons (Fsp3) is 0.667. The molecule has 0 bridgehead atoms. The summed E-state index contributed by atoms with van der Waals surface area (Å²) in [5.41, 5.74) is 1.22. The number of rotatable bonds is 3. The van der Waals surface area contributed by atoms with Crippen LogP contribution in [-0.2, 0) is 9.47 Å². The van der Waals surface area contributed by atoms with Crippen molar-refractivity contribution in [2.45, 2.75) is 43.9 Å². The summed E-state index contributed by atoms with van der Waals surface area (Å²) in [4.78, 5) is 0. The van der Waals surface area contributed by atoms with Crippen molar-refractivity contribution in [2.75, 3.05) is 20.8 Å². The second-order valence-electron chi connectivity index (χ2n) is 6.74. The van der Waals surface area contributed by atoms with E-state index < -0.39 is 0 Å². The highest BCUT2D eigenvalue weighted by atomic mass is 35.5. The topological polar surface area (TPSA) is 30.5 Å². The van der Waals surface area contributed by atoms with Gasteiger partial charge in [0.25, 0.3) is 0 Å². The molecule has 0 spiro atoms. The summed E-state index contributed by atoms with van der Waals surface area (Å²) in [5, 5.41) is 4.93. The average Bonchev–Trinajstić information content (AvgIpc) is 2.77. The molecule has 2 fully saturated rings. The van der Waals surface area contributed by atoms with E-state index in [2.05, 4.69) is 11.4 Å². The Hall–Kier alpha value is -0.320. The molecule has 5 heteroatoms. The molecule has 3 nitrogen and oxygen atoms in total. The second-order valence-corrected chi connectivity index (χ2v) is 7.56. The zero-order valence-electron chi connectivity index (χ0n) is 13.7. The van der Waals surface area contributed by atoms with Crippen LogP contribution in [0.1, 0.15) is 37.3 Å². The lowest BCUT2D eigenvalue weighted by Gasteiger charge is -2.40. The van der Waals surface area contributed by atoms with Gasteiger partial charge >= 0.3 is 0 Å². The van der Waals surface area contributed by atoms with E-state index in [9.17, 15) is 0 Å². The largest absolute Gasteiger partial charge is 0.379 e. The van der Waals surface area contributed by atoms with Gasteiger partial charge in [-0.3, -0.25) is 0 Å². The molecule has 0 amide bonds. The van der Waals surface area contributed by atoms with Crippen LogP contribution in [0, 0.1) is 11.8 Å². The normalized spacial score (nSPS) is 34.7. The van der Waals surface area contributed by atoms with Crippen LogP contribution in [-0.4, -0.2) is 33.0 Å². The molecule has 4 unspecified atom stereocenters. The van der Waals surface area contributed by atoms with Crippen molar-refractivity contribution in [3.05, 3.63) is 33.8 Å². The molecule has 1 saturated heterocycles. The van der Waals surface area contributed by atoms with Crippen molar-refractivity contribution >= 4 is 23.2 Å². The van der Waals surface area contributed by atoms with Gasteiger partial charge < -0.3 is 14.8 Å². The Labute approximate surface area is 148 Å². The van der Waals surface area contributed by atoms with E-state index in [-0.39, 0.29) is 12.2 Å². The fourth-order valence-corrected chi connectivity index (χ4v) is 4.54. The summed E-state index contributed by atoms with van der Waals surface area (Å²) >= 11 is 12.2. The molecule has 5 atom stereocenters. The third-order valence-corrected chi connectivity index (χ3v) is 6.29. The monoisotopic (exact) mass is 357 g/mol. The van der Waals surface area contributed by atoms with Gasteiger partial charge in [0.15, 0.2) is 0 Å². The minimum Gasteiger partial charge on any atom is -0.379 e. The standard InChI is InChI=1S/C18H25Cl2NO2/c1-22-17-9-11-5-6-21-16(8-13(11)10-18(17)23-2)12-3-4-14(19)15(20)7-12/h3-4,7,11,13,16-18,21H,5-6,8-10H2,1-2H3/t11-,13?,16?,17?,18?/m1/s1. The molecule has 0 aromatic heterocycles. The van der Waals surface area contributed by atoms with Gasteiger partial charge in [0.05, 0.1) is 22.3 Å². The van der Waals surface area contributed by atoms with Gasteiger partial charge in [-0.15, -0.1) is 0 Å². The van der Waals surface area contributed by atoms with Crippen LogP contribution in [0.15, 0.2) is 18.2 Å². The SMILES string of the molecule is COC1CC2CC(c3ccc(Cl)c(Cl)c3)NCC[C@@H]2CC1OC. The van der Waals surface area contributed by atoms with E-state index >= 15 is 0 Å². The predicted octanol–water partition coefficient (Wildman–Crippen LogP) is 4.47. The molecular formula is C18H25Cl2NO2. The average molecular weight is 358 g/mol. The Kier molecular flexibility index (Phi) is 5.87. The quantitative estimate of drug-likeness (QED) is 0.865. The Morgan fingerprint density at radius 1 is 0.957 bits per heavy atom. The maximum Gasteiger partial charge on any atom is 0.0835 e. The first-order chi connectivity index (χ1) is 11.1. The van der Waals surface area contributed by atoms with Gasteiger partial charge in [0.1, 0.15) is 0 Å². The van der Waals surface area contributed by atoms with Crippen LogP contribution in [0.5, 0.6) is 0 Å². The number of hydrogen-bond donors (Lipinski definition) is 1. The number of nitrogens with one attached hydrogen (secondary N) is 1. The second kappa shape index (κ2) is 7.71. The van der Waals surface area contributed by atoms with E-state index in [1.165, 1.54) is 12.0 Å². The maximum atomic E-state index is 6.20. The van der Waals surface area contributed by atoms with Crippen molar-refractivity contribution in [3.8, 4) is 0 Å². The molecule has 2 aliphatic rings. The number of hydrogen-bond acceptors (Lipinski definition) is 3. The van der Waals surface area contributed by atoms with Crippen LogP contribution in [0.4, 0.5) is 0 Å². The lowest BCUT2D eigenvalue weighted by Crippen LogP contribution is -2.41. The smallest absolute Gasteiger partial charge is 0.0835 e. The van der Waals surface area contributed by atoms with Crippen molar-refractivity contribution in [1.29, 1.82) is 0 Å². The number of fused-ring (bicyclic) bond motifs is 1. The van der Waals surface area contributed by atoms with Gasteiger partial charge in [0, 0.05) is 20.3 Å². The number of ether oxygens (including phenoxy) is 2. The Morgan fingerprint density at radius 2 is 1.65 bits per heavy atom. The summed E-state index contributed by atoms with van der Waals surface area (Å²) in [5.74, 6) is 1.35. The highest BCUT2D eigenvalue weighted by Crippen LogP contribution is 2.42. The molecule has 1 saturated carbocycles. The maximum absolute atomic E-state index is 6.20. The van der Waals surface area contributed by atoms with Crippen LogP contribution in [0.25, 0.3) is 0 Å². The van der Waals surface area contributed by atoms with E-state index in [1.807, 2.05) is 12.1 Å².